The smallest absolute Gasteiger partial charge is 0.224 e. The molecule has 1 saturated heterocycles. The Morgan fingerprint density at radius 1 is 1.60 bits per heavy atom. The van der Waals surface area contributed by atoms with E-state index in [9.17, 15) is 4.79 Å². The minimum absolute atomic E-state index is 0.205. The lowest BCUT2D eigenvalue weighted by atomic mass is 9.99. The summed E-state index contributed by atoms with van der Waals surface area (Å²) in [6, 6.07) is 0. The van der Waals surface area contributed by atoms with Crippen molar-refractivity contribution in [1.82, 2.24) is 10.6 Å². The van der Waals surface area contributed by atoms with E-state index in [1.165, 1.54) is 12.8 Å². The lowest BCUT2D eigenvalue weighted by molar-refractivity contribution is -0.125. The molecule has 0 aromatic carbocycles. The predicted molar refractivity (Wildman–Crippen MR) is 64.1 cm³/mol. The van der Waals surface area contributed by atoms with Crippen molar-refractivity contribution >= 4 is 17.7 Å². The zero-order chi connectivity index (χ0) is 10.7. The van der Waals surface area contributed by atoms with Gasteiger partial charge in [-0.25, -0.2) is 0 Å². The molecule has 2 rings (SSSR count). The van der Waals surface area contributed by atoms with Crippen LogP contribution in [0.4, 0.5) is 0 Å². The Morgan fingerprint density at radius 3 is 2.93 bits per heavy atom. The Morgan fingerprint density at radius 2 is 2.40 bits per heavy atom. The van der Waals surface area contributed by atoms with Crippen LogP contribution in [0.5, 0.6) is 0 Å². The van der Waals surface area contributed by atoms with Gasteiger partial charge in [-0.15, -0.1) is 0 Å². The average Bonchev–Trinajstić information content (AvgIpc) is 3.08. The number of nitrogens with one attached hydrogen (secondary N) is 2. The molecule has 1 saturated carbocycles. The number of amides is 1. The van der Waals surface area contributed by atoms with Crippen molar-refractivity contribution in [3.05, 3.63) is 0 Å². The number of carbonyl (C=O) groups is 1. The number of carbonyl (C=O) groups excluding carboxylic acids is 1. The summed E-state index contributed by atoms with van der Waals surface area (Å²) >= 11 is 1.90. The largest absolute Gasteiger partial charge is 0.354 e. The Kier molecular flexibility index (Phi) is 3.57. The number of hydrogen-bond donors (Lipinski definition) is 2. The third-order valence-electron chi connectivity index (χ3n) is 3.49. The van der Waals surface area contributed by atoms with Crippen LogP contribution in [0.25, 0.3) is 0 Å². The van der Waals surface area contributed by atoms with Crippen molar-refractivity contribution < 1.29 is 4.79 Å². The average molecular weight is 228 g/mol. The Hall–Kier alpha value is -0.220. The van der Waals surface area contributed by atoms with Crippen molar-refractivity contribution in [3.63, 3.8) is 0 Å². The van der Waals surface area contributed by atoms with E-state index in [0.29, 0.717) is 4.75 Å². The molecule has 3 nitrogen and oxygen atoms in total. The van der Waals surface area contributed by atoms with E-state index in [0.717, 1.165) is 32.5 Å². The molecule has 2 N–H and O–H groups in total. The summed E-state index contributed by atoms with van der Waals surface area (Å²) in [6.45, 7) is 2.79. The highest BCUT2D eigenvalue weighted by atomic mass is 32.2. The molecule has 2 fully saturated rings. The van der Waals surface area contributed by atoms with Crippen LogP contribution < -0.4 is 10.6 Å². The van der Waals surface area contributed by atoms with Gasteiger partial charge in [0.15, 0.2) is 0 Å². The molecule has 0 radical (unpaired) electrons. The molecule has 0 aromatic rings. The number of hydrogen-bond acceptors (Lipinski definition) is 3. The summed E-state index contributed by atoms with van der Waals surface area (Å²) in [5.41, 5.74) is 0. The second kappa shape index (κ2) is 4.74. The van der Waals surface area contributed by atoms with Crippen molar-refractivity contribution in [2.45, 2.75) is 30.4 Å². The van der Waals surface area contributed by atoms with Gasteiger partial charge in [0, 0.05) is 17.8 Å². The summed E-state index contributed by atoms with van der Waals surface area (Å²) < 4.78 is 0.387. The lowest BCUT2D eigenvalue weighted by Gasteiger charge is -2.23. The fraction of sp³-hybridized carbons (Fsp3) is 0.909. The molecule has 0 unspecified atom stereocenters. The van der Waals surface area contributed by atoms with Crippen LogP contribution in [0.1, 0.15) is 25.7 Å². The van der Waals surface area contributed by atoms with Gasteiger partial charge >= 0.3 is 0 Å². The van der Waals surface area contributed by atoms with Crippen LogP contribution in [0, 0.1) is 5.92 Å². The first-order valence-electron chi connectivity index (χ1n) is 5.79. The Balaban J connectivity index is 1.72. The molecule has 4 heteroatoms. The monoisotopic (exact) mass is 228 g/mol. The van der Waals surface area contributed by atoms with Gasteiger partial charge < -0.3 is 10.6 Å². The van der Waals surface area contributed by atoms with E-state index in [-0.39, 0.29) is 11.8 Å². The van der Waals surface area contributed by atoms with Crippen LogP contribution in [-0.4, -0.2) is 36.5 Å². The van der Waals surface area contributed by atoms with Crippen LogP contribution in [0.15, 0.2) is 0 Å². The van der Waals surface area contributed by atoms with E-state index in [2.05, 4.69) is 16.9 Å². The second-order valence-electron chi connectivity index (χ2n) is 4.65. The molecule has 0 aromatic heterocycles. The quantitative estimate of drug-likeness (QED) is 0.754. The maximum Gasteiger partial charge on any atom is 0.224 e. The van der Waals surface area contributed by atoms with Crippen LogP contribution >= 0.6 is 11.8 Å². The van der Waals surface area contributed by atoms with E-state index in [1.54, 1.807) is 0 Å². The topological polar surface area (TPSA) is 41.1 Å². The van der Waals surface area contributed by atoms with Gasteiger partial charge in [-0.2, -0.15) is 11.8 Å². The summed E-state index contributed by atoms with van der Waals surface area (Å²) in [7, 11) is 0. The highest BCUT2D eigenvalue weighted by molar-refractivity contribution is 8.00. The molecule has 15 heavy (non-hydrogen) atoms. The molecular formula is C11H20N2OS. The fourth-order valence-electron chi connectivity index (χ4n) is 2.06. The van der Waals surface area contributed by atoms with Gasteiger partial charge in [0.1, 0.15) is 0 Å². The zero-order valence-corrected chi connectivity index (χ0v) is 10.2. The van der Waals surface area contributed by atoms with E-state index < -0.39 is 0 Å². The molecule has 1 atom stereocenters. The van der Waals surface area contributed by atoms with Crippen LogP contribution in [0.2, 0.25) is 0 Å². The maximum atomic E-state index is 11.8. The van der Waals surface area contributed by atoms with E-state index in [1.807, 2.05) is 11.8 Å². The third-order valence-corrected chi connectivity index (χ3v) is 4.91. The molecule has 0 bridgehead atoms. The molecule has 1 heterocycles. The van der Waals surface area contributed by atoms with Crippen molar-refractivity contribution in [2.75, 3.05) is 25.9 Å². The van der Waals surface area contributed by atoms with E-state index in [4.69, 9.17) is 0 Å². The van der Waals surface area contributed by atoms with Gasteiger partial charge in [0.25, 0.3) is 0 Å². The second-order valence-corrected chi connectivity index (χ2v) is 5.92. The van der Waals surface area contributed by atoms with Gasteiger partial charge in [0.05, 0.1) is 5.92 Å². The van der Waals surface area contributed by atoms with Gasteiger partial charge in [-0.1, -0.05) is 0 Å². The Labute approximate surface area is 95.8 Å². The minimum atomic E-state index is 0.205. The van der Waals surface area contributed by atoms with Gasteiger partial charge in [-0.3, -0.25) is 4.79 Å². The number of piperidine rings is 1. The van der Waals surface area contributed by atoms with Crippen molar-refractivity contribution in [2.24, 2.45) is 5.92 Å². The first-order chi connectivity index (χ1) is 7.26. The molecule has 1 amide bonds. The lowest BCUT2D eigenvalue weighted by Crippen LogP contribution is -2.42. The first kappa shape index (κ1) is 11.3. The zero-order valence-electron chi connectivity index (χ0n) is 9.34. The summed E-state index contributed by atoms with van der Waals surface area (Å²) in [5, 5.41) is 6.38. The molecule has 1 aliphatic carbocycles. The minimum Gasteiger partial charge on any atom is -0.354 e. The molecular weight excluding hydrogens is 208 g/mol. The third kappa shape index (κ3) is 2.88. The molecule has 86 valence electrons. The van der Waals surface area contributed by atoms with Crippen LogP contribution in [0.3, 0.4) is 0 Å². The molecule has 2 aliphatic rings. The van der Waals surface area contributed by atoms with Crippen molar-refractivity contribution in [3.8, 4) is 0 Å². The van der Waals surface area contributed by atoms with E-state index >= 15 is 0 Å². The molecule has 0 spiro atoms. The fourth-order valence-corrected chi connectivity index (χ4v) is 2.79. The highest BCUT2D eigenvalue weighted by Crippen LogP contribution is 2.46. The normalized spacial score (nSPS) is 28.5. The number of rotatable bonds is 4. The Bertz CT molecular complexity index is 235. The molecule has 1 aliphatic heterocycles. The highest BCUT2D eigenvalue weighted by Gasteiger charge is 2.42. The summed E-state index contributed by atoms with van der Waals surface area (Å²) in [5.74, 6) is 0.457. The van der Waals surface area contributed by atoms with Crippen LogP contribution in [-0.2, 0) is 4.79 Å². The maximum absolute atomic E-state index is 11.8. The predicted octanol–water partition coefficient (Wildman–Crippen LogP) is 0.998. The number of thioether (sulfide) groups is 1. The SMILES string of the molecule is CSC1(CNC(=O)[C@@H]2CCCNC2)CC1. The standard InChI is InChI=1S/C11H20N2OS/c1-15-11(4-5-11)8-13-10(14)9-3-2-6-12-7-9/h9,12H,2-8H2,1H3,(H,13,14)/t9-/m1/s1. The summed E-state index contributed by atoms with van der Waals surface area (Å²) in [6.07, 6.45) is 6.84. The van der Waals surface area contributed by atoms with Crippen molar-refractivity contribution in [1.29, 1.82) is 0 Å². The first-order valence-corrected chi connectivity index (χ1v) is 7.02. The van der Waals surface area contributed by atoms with Gasteiger partial charge in [0.2, 0.25) is 5.91 Å². The van der Waals surface area contributed by atoms with Gasteiger partial charge in [-0.05, 0) is 38.5 Å². The summed E-state index contributed by atoms with van der Waals surface area (Å²) in [4.78, 5) is 11.8.